The van der Waals surface area contributed by atoms with E-state index in [1.54, 1.807) is 0 Å². The zero-order chi connectivity index (χ0) is 20.7. The van der Waals surface area contributed by atoms with Gasteiger partial charge in [0, 0.05) is 0 Å². The second-order valence-electron chi connectivity index (χ2n) is 11.6. The van der Waals surface area contributed by atoms with Crippen LogP contribution in [0.25, 0.3) is 0 Å². The van der Waals surface area contributed by atoms with Crippen LogP contribution in [0.4, 0.5) is 0 Å². The average Bonchev–Trinajstić information content (AvgIpc) is 2.52. The molecule has 6 atom stereocenters. The molecule has 0 saturated heterocycles. The van der Waals surface area contributed by atoms with Gasteiger partial charge in [-0.1, -0.05) is 89.5 Å². The minimum absolute atomic E-state index is 0.486. The highest BCUT2D eigenvalue weighted by Crippen LogP contribution is 2.39. The Balaban J connectivity index is 4.99. The van der Waals surface area contributed by atoms with Crippen molar-refractivity contribution in [1.29, 1.82) is 0 Å². The van der Waals surface area contributed by atoms with Crippen molar-refractivity contribution in [3.63, 3.8) is 0 Å². The van der Waals surface area contributed by atoms with Crippen molar-refractivity contribution < 1.29 is 0 Å². The van der Waals surface area contributed by atoms with Crippen molar-refractivity contribution in [3.8, 4) is 0 Å². The molecule has 0 amide bonds. The first kappa shape index (κ1) is 26.0. The molecule has 6 unspecified atom stereocenters. The van der Waals surface area contributed by atoms with E-state index >= 15 is 0 Å². The lowest BCUT2D eigenvalue weighted by molar-refractivity contribution is 0.154. The Labute approximate surface area is 168 Å². The first-order valence-electron chi connectivity index (χ1n) is 11.8. The van der Waals surface area contributed by atoms with Gasteiger partial charge in [0.05, 0.1) is 0 Å². The molecule has 0 aromatic rings. The van der Waals surface area contributed by atoms with Gasteiger partial charge < -0.3 is 0 Å². The fourth-order valence-electron chi connectivity index (χ4n) is 4.44. The smallest absolute Gasteiger partial charge is 0.0354 e. The summed E-state index contributed by atoms with van der Waals surface area (Å²) in [6.45, 7) is 29.3. The van der Waals surface area contributed by atoms with Gasteiger partial charge in [0.25, 0.3) is 0 Å². The van der Waals surface area contributed by atoms with Crippen molar-refractivity contribution in [2.24, 2.45) is 52.8 Å². The van der Waals surface area contributed by atoms with Gasteiger partial charge in [-0.05, 0) is 78.4 Å². The van der Waals surface area contributed by atoms with E-state index in [-0.39, 0.29) is 0 Å². The highest BCUT2D eigenvalue weighted by Gasteiger charge is 2.28. The van der Waals surface area contributed by atoms with Crippen LogP contribution in [0.3, 0.4) is 0 Å². The van der Waals surface area contributed by atoms with Crippen LogP contribution in [-0.4, -0.2) is 0 Å². The monoisotopic (exact) mass is 366 g/mol. The van der Waals surface area contributed by atoms with E-state index in [9.17, 15) is 0 Å². The molecule has 0 fully saturated rings. The summed E-state index contributed by atoms with van der Waals surface area (Å²) in [4.78, 5) is 0. The maximum Gasteiger partial charge on any atom is -0.0354 e. The molecule has 0 aromatic heterocycles. The lowest BCUT2D eigenvalue weighted by atomic mass is 9.70. The predicted octanol–water partition coefficient (Wildman–Crippen LogP) is 9.09. The van der Waals surface area contributed by atoms with Crippen LogP contribution in [0.2, 0.25) is 0 Å². The minimum Gasteiger partial charge on any atom is -0.0649 e. The molecule has 0 N–H and O–H groups in total. The third kappa shape index (κ3) is 9.80. The largest absolute Gasteiger partial charge is 0.0649 e. The van der Waals surface area contributed by atoms with Gasteiger partial charge in [0.15, 0.2) is 0 Å². The van der Waals surface area contributed by atoms with Crippen molar-refractivity contribution in [1.82, 2.24) is 0 Å². The van der Waals surface area contributed by atoms with Crippen molar-refractivity contribution in [3.05, 3.63) is 0 Å². The number of rotatable bonds is 13. The molecule has 0 heterocycles. The molecule has 0 aliphatic heterocycles. The summed E-state index contributed by atoms with van der Waals surface area (Å²) in [5, 5.41) is 0. The quantitative estimate of drug-likeness (QED) is 0.305. The van der Waals surface area contributed by atoms with Crippen molar-refractivity contribution in [2.45, 2.75) is 115 Å². The van der Waals surface area contributed by atoms with Gasteiger partial charge in [0.1, 0.15) is 0 Å². The molecule has 0 aliphatic rings. The molecular formula is C26H54. The maximum atomic E-state index is 2.53. The zero-order valence-electron chi connectivity index (χ0n) is 20.7. The summed E-state index contributed by atoms with van der Waals surface area (Å²) in [5.74, 6) is 6.69. The lowest BCUT2D eigenvalue weighted by Crippen LogP contribution is -2.25. The van der Waals surface area contributed by atoms with E-state index in [1.165, 1.54) is 32.1 Å². The van der Waals surface area contributed by atoms with Crippen LogP contribution in [0, 0.1) is 52.8 Å². The summed E-state index contributed by atoms with van der Waals surface area (Å²) in [6, 6.07) is 0. The molecule has 0 bridgehead atoms. The van der Waals surface area contributed by atoms with Crippen LogP contribution in [0.5, 0.6) is 0 Å². The molecule has 26 heavy (non-hydrogen) atoms. The Kier molecular flexibility index (Phi) is 11.8. The first-order chi connectivity index (χ1) is 11.8. The summed E-state index contributed by atoms with van der Waals surface area (Å²) in [5.41, 5.74) is 0.486. The number of hydrogen-bond donors (Lipinski definition) is 0. The summed E-state index contributed by atoms with van der Waals surface area (Å²) < 4.78 is 0. The van der Waals surface area contributed by atoms with E-state index < -0.39 is 0 Å². The van der Waals surface area contributed by atoms with Gasteiger partial charge in [-0.15, -0.1) is 0 Å². The van der Waals surface area contributed by atoms with Gasteiger partial charge in [-0.3, -0.25) is 0 Å². The van der Waals surface area contributed by atoms with E-state index in [0.717, 1.165) is 47.3 Å². The second-order valence-corrected chi connectivity index (χ2v) is 11.6. The van der Waals surface area contributed by atoms with E-state index in [0.29, 0.717) is 5.41 Å². The van der Waals surface area contributed by atoms with Crippen LogP contribution in [0.15, 0.2) is 0 Å². The van der Waals surface area contributed by atoms with Crippen molar-refractivity contribution >= 4 is 0 Å². The normalized spacial score (nSPS) is 20.1. The van der Waals surface area contributed by atoms with Crippen LogP contribution in [-0.2, 0) is 0 Å². The Bertz CT molecular complexity index is 351. The molecule has 0 spiro atoms. The van der Waals surface area contributed by atoms with Crippen LogP contribution in [0.1, 0.15) is 115 Å². The topological polar surface area (TPSA) is 0 Å². The van der Waals surface area contributed by atoms with E-state index in [1.807, 2.05) is 0 Å². The second kappa shape index (κ2) is 11.8. The molecule has 0 heteroatoms. The molecule has 0 aromatic carbocycles. The molecule has 0 radical (unpaired) electrons. The number of hydrogen-bond acceptors (Lipinski definition) is 0. The first-order valence-corrected chi connectivity index (χ1v) is 11.8. The Morgan fingerprint density at radius 1 is 0.577 bits per heavy atom. The van der Waals surface area contributed by atoms with E-state index in [4.69, 9.17) is 0 Å². The van der Waals surface area contributed by atoms with Gasteiger partial charge >= 0.3 is 0 Å². The fourth-order valence-corrected chi connectivity index (χ4v) is 4.44. The van der Waals surface area contributed by atoms with Crippen LogP contribution >= 0.6 is 0 Å². The third-order valence-corrected chi connectivity index (χ3v) is 8.01. The van der Waals surface area contributed by atoms with Gasteiger partial charge in [-0.25, -0.2) is 0 Å². The molecule has 0 rings (SSSR count). The molecule has 158 valence electrons. The SMILES string of the molecule is CCC(C)(C)CC(CC(C)C(C)CC(C)C(C)C)CC(C)C(C)C(C)C. The Morgan fingerprint density at radius 2 is 1.04 bits per heavy atom. The molecule has 0 aliphatic carbocycles. The third-order valence-electron chi connectivity index (χ3n) is 8.01. The Hall–Kier alpha value is 0. The molecular weight excluding hydrogens is 312 g/mol. The van der Waals surface area contributed by atoms with Gasteiger partial charge in [0.2, 0.25) is 0 Å². The minimum atomic E-state index is 0.486. The van der Waals surface area contributed by atoms with Crippen LogP contribution < -0.4 is 0 Å². The standard InChI is InChI=1S/C26H54/c1-13-26(11,12)17-25(16-23(9)24(10)19(4)5)15-22(8)21(7)14-20(6)18(2)3/h18-25H,13-17H2,1-12H3. The van der Waals surface area contributed by atoms with Gasteiger partial charge in [-0.2, -0.15) is 0 Å². The molecule has 0 saturated carbocycles. The summed E-state index contributed by atoms with van der Waals surface area (Å²) >= 11 is 0. The highest BCUT2D eigenvalue weighted by molar-refractivity contribution is 4.79. The molecule has 0 nitrogen and oxygen atoms in total. The Morgan fingerprint density at radius 3 is 1.46 bits per heavy atom. The zero-order valence-corrected chi connectivity index (χ0v) is 20.7. The summed E-state index contributed by atoms with van der Waals surface area (Å²) in [7, 11) is 0. The highest BCUT2D eigenvalue weighted by atomic mass is 14.3. The predicted molar refractivity (Wildman–Crippen MR) is 122 cm³/mol. The summed E-state index contributed by atoms with van der Waals surface area (Å²) in [6.07, 6.45) is 6.92. The fraction of sp³-hybridized carbons (Fsp3) is 1.00. The maximum absolute atomic E-state index is 2.53. The average molecular weight is 367 g/mol. The van der Waals surface area contributed by atoms with E-state index in [2.05, 4.69) is 83.1 Å². The lowest BCUT2D eigenvalue weighted by Gasteiger charge is -2.35. The van der Waals surface area contributed by atoms with Crippen molar-refractivity contribution in [2.75, 3.05) is 0 Å².